The minimum atomic E-state index is 0.00310. The van der Waals surface area contributed by atoms with Gasteiger partial charge in [-0.3, -0.25) is 5.73 Å². The molecule has 0 spiro atoms. The zero-order valence-corrected chi connectivity index (χ0v) is 5.15. The summed E-state index contributed by atoms with van der Waals surface area (Å²) in [5.74, 6) is 0. The first-order valence-corrected chi connectivity index (χ1v) is 2.85. The molecule has 1 N–H and O–H groups in total. The first-order valence-electron chi connectivity index (χ1n) is 2.85. The summed E-state index contributed by atoms with van der Waals surface area (Å²) in [7, 11) is 0. The van der Waals surface area contributed by atoms with Crippen molar-refractivity contribution in [2.45, 2.75) is 32.2 Å². The lowest BCUT2D eigenvalue weighted by Gasteiger charge is -1.97. The van der Waals surface area contributed by atoms with Gasteiger partial charge in [-0.25, -0.2) is 0 Å². The van der Waals surface area contributed by atoms with Crippen LogP contribution in [0.5, 0.6) is 0 Å². The lowest BCUT2D eigenvalue weighted by Crippen LogP contribution is -2.00. The van der Waals surface area contributed by atoms with Crippen LogP contribution < -0.4 is 5.73 Å². The molecule has 2 nitrogen and oxygen atoms in total. The van der Waals surface area contributed by atoms with Crippen LogP contribution in [0.2, 0.25) is 0 Å². The Balaban J connectivity index is 2.85. The Bertz CT molecular complexity index is 81.0. The maximum Gasteiger partial charge on any atom is 0.0621 e. The van der Waals surface area contributed by atoms with Gasteiger partial charge in [-0.1, -0.05) is 0 Å². The van der Waals surface area contributed by atoms with Crippen molar-refractivity contribution in [3.63, 3.8) is 0 Å². The van der Waals surface area contributed by atoms with E-state index in [4.69, 9.17) is 11.0 Å². The average Bonchev–Trinajstić information content (AvgIpc) is 1.66. The fraction of sp³-hybridized carbons (Fsp3) is 0.833. The SMILES string of the molecule is CC([NH])CCCC#N. The van der Waals surface area contributed by atoms with Gasteiger partial charge in [-0.05, 0) is 19.8 Å². The van der Waals surface area contributed by atoms with E-state index in [9.17, 15) is 0 Å². The van der Waals surface area contributed by atoms with Crippen molar-refractivity contribution >= 4 is 0 Å². The van der Waals surface area contributed by atoms with Crippen molar-refractivity contribution in [2.75, 3.05) is 0 Å². The average molecular weight is 111 g/mol. The van der Waals surface area contributed by atoms with E-state index in [0.29, 0.717) is 6.42 Å². The van der Waals surface area contributed by atoms with E-state index < -0.39 is 0 Å². The number of hydrogen-bond acceptors (Lipinski definition) is 1. The van der Waals surface area contributed by atoms with Gasteiger partial charge >= 0.3 is 0 Å². The maximum atomic E-state index is 8.07. The zero-order valence-electron chi connectivity index (χ0n) is 5.15. The van der Waals surface area contributed by atoms with E-state index in [0.717, 1.165) is 12.8 Å². The van der Waals surface area contributed by atoms with Crippen LogP contribution in [-0.2, 0) is 0 Å². The highest BCUT2D eigenvalue weighted by molar-refractivity contribution is 4.69. The fourth-order valence-corrected chi connectivity index (χ4v) is 0.487. The summed E-state index contributed by atoms with van der Waals surface area (Å²) in [5, 5.41) is 8.07. The van der Waals surface area contributed by atoms with E-state index in [1.165, 1.54) is 0 Å². The number of nitriles is 1. The maximum absolute atomic E-state index is 8.07. The molecule has 0 bridgehead atoms. The molecular formula is C6H11N2. The normalized spacial score (nSPS) is 12.6. The summed E-state index contributed by atoms with van der Waals surface area (Å²) in [4.78, 5) is 0. The number of hydrogen-bond donors (Lipinski definition) is 0. The molecule has 0 saturated carbocycles. The molecule has 0 heterocycles. The molecule has 0 aromatic carbocycles. The van der Waals surface area contributed by atoms with Crippen LogP contribution in [0.1, 0.15) is 26.2 Å². The molecule has 0 aliphatic carbocycles. The first kappa shape index (κ1) is 7.45. The Hall–Kier alpha value is -0.550. The zero-order chi connectivity index (χ0) is 6.41. The molecule has 1 atom stereocenters. The predicted octanol–water partition coefficient (Wildman–Crippen LogP) is 1.35. The molecule has 0 amide bonds. The standard InChI is InChI=1S/C6H11N2/c1-6(8)4-2-3-5-7/h6,8H,2-4H2,1H3. The van der Waals surface area contributed by atoms with Gasteiger partial charge in [-0.15, -0.1) is 0 Å². The third kappa shape index (κ3) is 5.45. The molecule has 8 heavy (non-hydrogen) atoms. The van der Waals surface area contributed by atoms with Crippen LogP contribution in [0.25, 0.3) is 0 Å². The van der Waals surface area contributed by atoms with Crippen molar-refractivity contribution < 1.29 is 0 Å². The molecule has 1 radical (unpaired) electrons. The molecule has 0 fully saturated rings. The number of nitrogens with one attached hydrogen (secondary N) is 1. The third-order valence-corrected chi connectivity index (χ3v) is 0.926. The lowest BCUT2D eigenvalue weighted by molar-refractivity contribution is 0.618. The topological polar surface area (TPSA) is 47.6 Å². The molecular weight excluding hydrogens is 100 g/mol. The lowest BCUT2D eigenvalue weighted by atomic mass is 10.2. The number of rotatable bonds is 3. The van der Waals surface area contributed by atoms with Crippen LogP contribution in [0, 0.1) is 11.3 Å². The predicted molar refractivity (Wildman–Crippen MR) is 32.0 cm³/mol. The second-order valence-electron chi connectivity index (χ2n) is 1.95. The summed E-state index contributed by atoms with van der Waals surface area (Å²) in [6.07, 6.45) is 2.33. The molecule has 0 saturated heterocycles. The highest BCUT2D eigenvalue weighted by atomic mass is 14.6. The quantitative estimate of drug-likeness (QED) is 0.507. The molecule has 0 aromatic heterocycles. The van der Waals surface area contributed by atoms with Gasteiger partial charge < -0.3 is 0 Å². The molecule has 2 heteroatoms. The Kier molecular flexibility index (Phi) is 4.29. The fourth-order valence-electron chi connectivity index (χ4n) is 0.487. The summed E-state index contributed by atoms with van der Waals surface area (Å²) in [6.45, 7) is 1.84. The molecule has 1 unspecified atom stereocenters. The Morgan fingerprint density at radius 2 is 2.38 bits per heavy atom. The summed E-state index contributed by atoms with van der Waals surface area (Å²) in [5.41, 5.74) is 7.05. The van der Waals surface area contributed by atoms with Gasteiger partial charge in [0.2, 0.25) is 0 Å². The molecule has 0 rings (SSSR count). The van der Waals surface area contributed by atoms with Crippen molar-refractivity contribution in [1.82, 2.24) is 5.73 Å². The highest BCUT2D eigenvalue weighted by Crippen LogP contribution is 1.96. The first-order chi connectivity index (χ1) is 3.77. The van der Waals surface area contributed by atoms with Gasteiger partial charge in [0.05, 0.1) is 6.07 Å². The van der Waals surface area contributed by atoms with Crippen molar-refractivity contribution in [1.29, 1.82) is 5.26 Å². The Morgan fingerprint density at radius 3 is 2.75 bits per heavy atom. The van der Waals surface area contributed by atoms with E-state index in [1.54, 1.807) is 0 Å². The van der Waals surface area contributed by atoms with Crippen LogP contribution in [0.3, 0.4) is 0 Å². The number of unbranched alkanes of at least 4 members (excludes halogenated alkanes) is 1. The van der Waals surface area contributed by atoms with Crippen LogP contribution in [0.4, 0.5) is 0 Å². The minimum absolute atomic E-state index is 0.00310. The number of nitrogens with zero attached hydrogens (tertiary/aromatic N) is 1. The van der Waals surface area contributed by atoms with Gasteiger partial charge in [0.25, 0.3) is 0 Å². The third-order valence-electron chi connectivity index (χ3n) is 0.926. The van der Waals surface area contributed by atoms with Crippen LogP contribution >= 0.6 is 0 Å². The van der Waals surface area contributed by atoms with Crippen molar-refractivity contribution in [3.8, 4) is 6.07 Å². The Morgan fingerprint density at radius 1 is 1.75 bits per heavy atom. The minimum Gasteiger partial charge on any atom is -0.255 e. The van der Waals surface area contributed by atoms with E-state index in [-0.39, 0.29) is 6.04 Å². The highest BCUT2D eigenvalue weighted by Gasteiger charge is 1.91. The van der Waals surface area contributed by atoms with E-state index in [1.807, 2.05) is 13.0 Å². The van der Waals surface area contributed by atoms with E-state index >= 15 is 0 Å². The largest absolute Gasteiger partial charge is 0.255 e. The van der Waals surface area contributed by atoms with Crippen LogP contribution in [0.15, 0.2) is 0 Å². The van der Waals surface area contributed by atoms with Crippen molar-refractivity contribution in [2.24, 2.45) is 0 Å². The summed E-state index contributed by atoms with van der Waals surface area (Å²) < 4.78 is 0. The molecule has 0 aliphatic heterocycles. The van der Waals surface area contributed by atoms with Gasteiger partial charge in [0, 0.05) is 12.5 Å². The molecule has 45 valence electrons. The Labute approximate surface area is 50.3 Å². The van der Waals surface area contributed by atoms with Gasteiger partial charge in [0.1, 0.15) is 0 Å². The van der Waals surface area contributed by atoms with Crippen molar-refractivity contribution in [3.05, 3.63) is 0 Å². The molecule has 0 aromatic rings. The second-order valence-corrected chi connectivity index (χ2v) is 1.95. The smallest absolute Gasteiger partial charge is 0.0621 e. The van der Waals surface area contributed by atoms with Gasteiger partial charge in [0.15, 0.2) is 0 Å². The van der Waals surface area contributed by atoms with Crippen LogP contribution in [-0.4, -0.2) is 6.04 Å². The van der Waals surface area contributed by atoms with E-state index in [2.05, 4.69) is 0 Å². The second kappa shape index (κ2) is 4.61. The monoisotopic (exact) mass is 111 g/mol. The summed E-state index contributed by atoms with van der Waals surface area (Å²) >= 11 is 0. The summed E-state index contributed by atoms with van der Waals surface area (Å²) in [6, 6.07) is 2.04. The van der Waals surface area contributed by atoms with Gasteiger partial charge in [-0.2, -0.15) is 5.26 Å². The molecule has 0 aliphatic rings.